The van der Waals surface area contributed by atoms with Crippen molar-refractivity contribution in [3.05, 3.63) is 0 Å². The number of hydrogen-bond acceptors (Lipinski definition) is 4. The first kappa shape index (κ1) is 15.2. The molecule has 1 aliphatic carbocycles. The number of thioether (sulfide) groups is 1. The van der Waals surface area contributed by atoms with Gasteiger partial charge in [0.2, 0.25) is 5.91 Å². The zero-order valence-corrected chi connectivity index (χ0v) is 12.2. The maximum absolute atomic E-state index is 12.2. The zero-order chi connectivity index (χ0) is 14.5. The molecule has 0 aromatic heterocycles. The molecule has 1 aliphatic heterocycles. The molecule has 2 aliphatic rings. The zero-order valence-electron chi connectivity index (χ0n) is 11.4. The second-order valence-electron chi connectivity index (χ2n) is 5.21. The predicted octanol–water partition coefficient (Wildman–Crippen LogP) is 1.40. The number of aliphatic carboxylic acids is 1. The van der Waals surface area contributed by atoms with Gasteiger partial charge in [0.05, 0.1) is 0 Å². The Morgan fingerprint density at radius 2 is 2.05 bits per heavy atom. The van der Waals surface area contributed by atoms with Gasteiger partial charge in [-0.25, -0.2) is 0 Å². The van der Waals surface area contributed by atoms with E-state index < -0.39 is 5.97 Å². The van der Waals surface area contributed by atoms with Crippen molar-refractivity contribution in [2.75, 3.05) is 25.4 Å². The highest BCUT2D eigenvalue weighted by Gasteiger charge is 2.29. The molecule has 0 aromatic carbocycles. The summed E-state index contributed by atoms with van der Waals surface area (Å²) in [5.74, 6) is -0.351. The maximum Gasteiger partial charge on any atom is 0.323 e. The highest BCUT2D eigenvalue weighted by molar-refractivity contribution is 8.13. The van der Waals surface area contributed by atoms with Crippen LogP contribution in [0.3, 0.4) is 0 Å². The molecule has 0 atom stereocenters. The van der Waals surface area contributed by atoms with Gasteiger partial charge in [0.1, 0.15) is 6.54 Å². The first-order chi connectivity index (χ1) is 9.58. The summed E-state index contributed by atoms with van der Waals surface area (Å²) in [6.45, 7) is 0.846. The fourth-order valence-electron chi connectivity index (χ4n) is 2.79. The predicted molar refractivity (Wildman–Crippen MR) is 75.6 cm³/mol. The molecule has 7 heteroatoms. The maximum atomic E-state index is 12.2. The van der Waals surface area contributed by atoms with E-state index in [9.17, 15) is 14.4 Å². The van der Waals surface area contributed by atoms with Gasteiger partial charge in [0.25, 0.3) is 5.24 Å². The highest BCUT2D eigenvalue weighted by atomic mass is 32.2. The van der Waals surface area contributed by atoms with Crippen LogP contribution in [0.25, 0.3) is 0 Å². The minimum absolute atomic E-state index is 0.0171. The van der Waals surface area contributed by atoms with Crippen LogP contribution in [0.4, 0.5) is 4.79 Å². The largest absolute Gasteiger partial charge is 0.480 e. The van der Waals surface area contributed by atoms with E-state index in [2.05, 4.69) is 0 Å². The second-order valence-corrected chi connectivity index (χ2v) is 6.25. The lowest BCUT2D eigenvalue weighted by Gasteiger charge is -2.28. The summed E-state index contributed by atoms with van der Waals surface area (Å²) in [7, 11) is 0. The average Bonchev–Trinajstić information content (AvgIpc) is 3.04. The smallest absolute Gasteiger partial charge is 0.323 e. The molecule has 1 saturated heterocycles. The van der Waals surface area contributed by atoms with Crippen molar-refractivity contribution in [3.63, 3.8) is 0 Å². The van der Waals surface area contributed by atoms with E-state index in [1.54, 1.807) is 4.90 Å². The minimum atomic E-state index is -0.974. The lowest BCUT2D eigenvalue weighted by Crippen LogP contribution is -2.43. The summed E-state index contributed by atoms with van der Waals surface area (Å²) in [6.07, 6.45) is 4.09. The number of hydrogen-bond donors (Lipinski definition) is 1. The van der Waals surface area contributed by atoms with E-state index in [4.69, 9.17) is 5.11 Å². The molecule has 1 saturated carbocycles. The van der Waals surface area contributed by atoms with Crippen LogP contribution in [0.1, 0.15) is 32.1 Å². The van der Waals surface area contributed by atoms with E-state index >= 15 is 0 Å². The van der Waals surface area contributed by atoms with E-state index in [0.29, 0.717) is 13.1 Å². The molecular weight excluding hydrogens is 280 g/mol. The lowest BCUT2D eigenvalue weighted by molar-refractivity contribution is -0.146. The van der Waals surface area contributed by atoms with Crippen molar-refractivity contribution in [2.45, 2.75) is 38.1 Å². The Morgan fingerprint density at radius 1 is 1.35 bits per heavy atom. The molecule has 2 rings (SSSR count). The third-order valence-corrected chi connectivity index (χ3v) is 4.72. The number of carbonyl (C=O) groups is 3. The third kappa shape index (κ3) is 3.88. The molecule has 20 heavy (non-hydrogen) atoms. The molecule has 0 bridgehead atoms. The topological polar surface area (TPSA) is 77.9 Å². The summed E-state index contributed by atoms with van der Waals surface area (Å²) in [6, 6.07) is 0.0576. The van der Waals surface area contributed by atoms with Crippen LogP contribution in [0.2, 0.25) is 0 Å². The van der Waals surface area contributed by atoms with Gasteiger partial charge in [0, 0.05) is 31.3 Å². The van der Waals surface area contributed by atoms with Gasteiger partial charge in [-0.2, -0.15) is 0 Å². The Balaban J connectivity index is 1.88. The van der Waals surface area contributed by atoms with E-state index in [1.165, 1.54) is 16.7 Å². The van der Waals surface area contributed by atoms with Crippen LogP contribution >= 0.6 is 11.8 Å². The summed E-state index contributed by atoms with van der Waals surface area (Å²) in [4.78, 5) is 37.8. The van der Waals surface area contributed by atoms with Gasteiger partial charge in [-0.05, 0) is 12.8 Å². The van der Waals surface area contributed by atoms with Gasteiger partial charge < -0.3 is 14.9 Å². The standard InChI is InChI=1S/C13H20N2O4S/c16-11(5-6-14-7-8-20-13(14)19)15(9-12(17)18)10-3-1-2-4-10/h10H,1-9H2,(H,17,18). The Hall–Kier alpha value is -1.24. The number of amides is 2. The summed E-state index contributed by atoms with van der Waals surface area (Å²) >= 11 is 1.27. The van der Waals surface area contributed by atoms with Crippen molar-refractivity contribution in [3.8, 4) is 0 Å². The van der Waals surface area contributed by atoms with Gasteiger partial charge in [-0.1, -0.05) is 24.6 Å². The van der Waals surface area contributed by atoms with Crippen LogP contribution in [0.15, 0.2) is 0 Å². The molecule has 2 amide bonds. The summed E-state index contributed by atoms with van der Waals surface area (Å²) in [5, 5.41) is 8.97. The fourth-order valence-corrected chi connectivity index (χ4v) is 3.64. The van der Waals surface area contributed by atoms with Gasteiger partial charge in [0.15, 0.2) is 0 Å². The number of carbonyl (C=O) groups excluding carboxylic acids is 2. The number of nitrogens with zero attached hydrogens (tertiary/aromatic N) is 2. The van der Waals surface area contributed by atoms with Gasteiger partial charge in [-0.3, -0.25) is 14.4 Å². The first-order valence-corrected chi connectivity index (χ1v) is 7.99. The van der Waals surface area contributed by atoms with Crippen LogP contribution in [-0.4, -0.2) is 63.5 Å². The molecule has 6 nitrogen and oxygen atoms in total. The van der Waals surface area contributed by atoms with Gasteiger partial charge in [-0.15, -0.1) is 0 Å². The van der Waals surface area contributed by atoms with E-state index in [1.807, 2.05) is 0 Å². The molecule has 0 aromatic rings. The first-order valence-electron chi connectivity index (χ1n) is 7.01. The van der Waals surface area contributed by atoms with E-state index in [-0.39, 0.29) is 30.2 Å². The number of rotatable bonds is 6. The Labute approximate surface area is 122 Å². The Bertz CT molecular complexity index is 396. The van der Waals surface area contributed by atoms with Crippen LogP contribution in [0.5, 0.6) is 0 Å². The van der Waals surface area contributed by atoms with Crippen molar-refractivity contribution < 1.29 is 19.5 Å². The quantitative estimate of drug-likeness (QED) is 0.802. The third-order valence-electron chi connectivity index (χ3n) is 3.83. The monoisotopic (exact) mass is 300 g/mol. The van der Waals surface area contributed by atoms with E-state index in [0.717, 1.165) is 31.4 Å². The molecular formula is C13H20N2O4S. The Kier molecular flexibility index (Phi) is 5.28. The van der Waals surface area contributed by atoms with Crippen LogP contribution in [0, 0.1) is 0 Å². The molecule has 1 heterocycles. The van der Waals surface area contributed by atoms with Crippen molar-refractivity contribution >= 4 is 28.9 Å². The molecule has 112 valence electrons. The van der Waals surface area contributed by atoms with Crippen molar-refractivity contribution in [1.29, 1.82) is 0 Å². The fraction of sp³-hybridized carbons (Fsp3) is 0.769. The minimum Gasteiger partial charge on any atom is -0.480 e. The second kappa shape index (κ2) is 6.97. The van der Waals surface area contributed by atoms with Crippen molar-refractivity contribution in [2.24, 2.45) is 0 Å². The normalized spacial score (nSPS) is 19.6. The van der Waals surface area contributed by atoms with Crippen LogP contribution in [-0.2, 0) is 9.59 Å². The Morgan fingerprint density at radius 3 is 2.60 bits per heavy atom. The molecule has 2 fully saturated rings. The number of carboxylic acid groups (broad SMARTS) is 1. The molecule has 1 N–H and O–H groups in total. The average molecular weight is 300 g/mol. The highest BCUT2D eigenvalue weighted by Crippen LogP contribution is 2.24. The van der Waals surface area contributed by atoms with Crippen LogP contribution < -0.4 is 0 Å². The summed E-state index contributed by atoms with van der Waals surface area (Å²) in [5.41, 5.74) is 0. The van der Waals surface area contributed by atoms with Crippen molar-refractivity contribution in [1.82, 2.24) is 9.80 Å². The number of carboxylic acids is 1. The van der Waals surface area contributed by atoms with Gasteiger partial charge >= 0.3 is 5.97 Å². The molecule has 0 spiro atoms. The lowest BCUT2D eigenvalue weighted by atomic mass is 10.2. The SMILES string of the molecule is O=C(O)CN(C(=O)CCN1CCSC1=O)C1CCCC1. The summed E-state index contributed by atoms with van der Waals surface area (Å²) < 4.78 is 0. The molecule has 0 radical (unpaired) electrons. The molecule has 0 unspecified atom stereocenters.